The third kappa shape index (κ3) is 2.85. The molecule has 0 saturated heterocycles. The van der Waals surface area contributed by atoms with Crippen LogP contribution in [0.25, 0.3) is 10.2 Å². The number of carbonyl (C=O) groups is 1. The summed E-state index contributed by atoms with van der Waals surface area (Å²) >= 11 is 6.68. The van der Waals surface area contributed by atoms with E-state index in [-0.39, 0.29) is 21.8 Å². The number of thiophene rings is 1. The van der Waals surface area contributed by atoms with Crippen LogP contribution < -0.4 is 11.0 Å². The van der Waals surface area contributed by atoms with Crippen LogP contribution in [-0.2, 0) is 6.54 Å². The summed E-state index contributed by atoms with van der Waals surface area (Å²) in [6, 6.07) is 4.24. The lowest BCUT2D eigenvalue weighted by Gasteiger charge is -2.09. The molecule has 0 aliphatic heterocycles. The molecule has 0 atom stereocenters. The number of carboxylic acid groups (broad SMARTS) is 1. The Morgan fingerprint density at radius 1 is 1.50 bits per heavy atom. The molecule has 3 aromatic rings. The highest BCUT2D eigenvalue weighted by Crippen LogP contribution is 2.26. The maximum atomic E-state index is 13.1. The van der Waals surface area contributed by atoms with Gasteiger partial charge in [-0.15, -0.1) is 11.3 Å². The van der Waals surface area contributed by atoms with Gasteiger partial charge in [0.05, 0.1) is 17.0 Å². The van der Waals surface area contributed by atoms with Crippen molar-refractivity contribution >= 4 is 39.1 Å². The lowest BCUT2D eigenvalue weighted by molar-refractivity contribution is 0.0701. The standard InChI is InChI=1S/C15H11ClFN3O3S/c1-7-11-13(24-12(7)15(22)23)18-6-20(14(11)21)19-5-8-2-3-10(17)9(16)4-8/h2-4,6,19H,5H2,1H3,(H,22,23). The van der Waals surface area contributed by atoms with Crippen LogP contribution in [0.2, 0.25) is 5.02 Å². The Morgan fingerprint density at radius 3 is 2.92 bits per heavy atom. The number of fused-ring (bicyclic) bond motifs is 1. The zero-order chi connectivity index (χ0) is 17.4. The number of aromatic carboxylic acids is 1. The number of carboxylic acids is 1. The topological polar surface area (TPSA) is 84.2 Å². The first-order valence-electron chi connectivity index (χ1n) is 6.80. The molecule has 1 aromatic carbocycles. The Balaban J connectivity index is 1.94. The number of halogens is 2. The van der Waals surface area contributed by atoms with Crippen LogP contribution in [-0.4, -0.2) is 20.7 Å². The van der Waals surface area contributed by atoms with E-state index in [4.69, 9.17) is 16.7 Å². The molecule has 0 radical (unpaired) electrons. The number of nitrogens with one attached hydrogen (secondary N) is 1. The summed E-state index contributed by atoms with van der Waals surface area (Å²) < 4.78 is 14.3. The van der Waals surface area contributed by atoms with Crippen molar-refractivity contribution in [2.75, 3.05) is 5.43 Å². The van der Waals surface area contributed by atoms with Gasteiger partial charge in [0.15, 0.2) is 0 Å². The van der Waals surface area contributed by atoms with Crippen molar-refractivity contribution in [3.8, 4) is 0 Å². The number of hydrogen-bond acceptors (Lipinski definition) is 5. The van der Waals surface area contributed by atoms with E-state index in [0.717, 1.165) is 11.3 Å². The van der Waals surface area contributed by atoms with E-state index in [1.807, 2.05) is 0 Å². The SMILES string of the molecule is Cc1c(C(=O)O)sc2ncn(NCc3ccc(F)c(Cl)c3)c(=O)c12. The second-order valence-electron chi connectivity index (χ2n) is 5.04. The predicted octanol–water partition coefficient (Wildman–Crippen LogP) is 3.00. The molecule has 124 valence electrons. The summed E-state index contributed by atoms with van der Waals surface area (Å²) in [5.41, 5.74) is 3.53. The molecule has 0 bridgehead atoms. The van der Waals surface area contributed by atoms with E-state index in [0.29, 0.717) is 16.0 Å². The molecule has 0 saturated carbocycles. The molecule has 2 aromatic heterocycles. The third-order valence-electron chi connectivity index (χ3n) is 3.48. The Morgan fingerprint density at radius 2 is 2.25 bits per heavy atom. The van der Waals surface area contributed by atoms with Crippen molar-refractivity contribution in [2.24, 2.45) is 0 Å². The van der Waals surface area contributed by atoms with E-state index in [9.17, 15) is 14.0 Å². The Labute approximate surface area is 144 Å². The summed E-state index contributed by atoms with van der Waals surface area (Å²) in [5.74, 6) is -1.61. The average molecular weight is 368 g/mol. The highest BCUT2D eigenvalue weighted by atomic mass is 35.5. The van der Waals surface area contributed by atoms with Gasteiger partial charge in [-0.05, 0) is 30.2 Å². The molecule has 0 unspecified atom stereocenters. The summed E-state index contributed by atoms with van der Waals surface area (Å²) in [6.07, 6.45) is 1.29. The van der Waals surface area contributed by atoms with Gasteiger partial charge in [0.25, 0.3) is 5.56 Å². The quantitative estimate of drug-likeness (QED) is 0.740. The zero-order valence-corrected chi connectivity index (χ0v) is 13.9. The summed E-state index contributed by atoms with van der Waals surface area (Å²) in [5, 5.41) is 9.41. The zero-order valence-electron chi connectivity index (χ0n) is 12.3. The van der Waals surface area contributed by atoms with Gasteiger partial charge in [0, 0.05) is 0 Å². The lowest BCUT2D eigenvalue weighted by Crippen LogP contribution is -2.28. The molecular formula is C15H11ClFN3O3S. The summed E-state index contributed by atoms with van der Waals surface area (Å²) in [6.45, 7) is 1.80. The fourth-order valence-corrected chi connectivity index (χ4v) is 3.45. The monoisotopic (exact) mass is 367 g/mol. The van der Waals surface area contributed by atoms with Crippen LogP contribution in [0, 0.1) is 12.7 Å². The minimum atomic E-state index is -1.09. The fourth-order valence-electron chi connectivity index (χ4n) is 2.27. The maximum Gasteiger partial charge on any atom is 0.346 e. The highest BCUT2D eigenvalue weighted by molar-refractivity contribution is 7.20. The van der Waals surface area contributed by atoms with Crippen molar-refractivity contribution in [3.05, 3.63) is 61.7 Å². The van der Waals surface area contributed by atoms with Crippen molar-refractivity contribution in [3.63, 3.8) is 0 Å². The Kier molecular flexibility index (Phi) is 4.25. The second-order valence-corrected chi connectivity index (χ2v) is 6.45. The maximum absolute atomic E-state index is 13.1. The molecule has 9 heteroatoms. The number of nitrogens with zero attached hydrogens (tertiary/aromatic N) is 2. The van der Waals surface area contributed by atoms with Gasteiger partial charge in [-0.1, -0.05) is 17.7 Å². The first-order chi connectivity index (χ1) is 11.4. The minimum absolute atomic E-state index is 0.00463. The van der Waals surface area contributed by atoms with Gasteiger partial charge in [-0.25, -0.2) is 18.8 Å². The molecule has 0 amide bonds. The largest absolute Gasteiger partial charge is 0.477 e. The molecule has 2 N–H and O–H groups in total. The first-order valence-corrected chi connectivity index (χ1v) is 7.99. The number of rotatable bonds is 4. The summed E-state index contributed by atoms with van der Waals surface area (Å²) in [7, 11) is 0. The van der Waals surface area contributed by atoms with Crippen LogP contribution >= 0.6 is 22.9 Å². The lowest BCUT2D eigenvalue weighted by atomic mass is 10.2. The number of aromatic nitrogens is 2. The molecular weight excluding hydrogens is 357 g/mol. The van der Waals surface area contributed by atoms with Crippen LogP contribution in [0.5, 0.6) is 0 Å². The van der Waals surface area contributed by atoms with E-state index in [1.54, 1.807) is 13.0 Å². The van der Waals surface area contributed by atoms with Crippen LogP contribution in [0.15, 0.2) is 29.3 Å². The fraction of sp³-hybridized carbons (Fsp3) is 0.133. The first kappa shape index (κ1) is 16.4. The van der Waals surface area contributed by atoms with Crippen molar-refractivity contribution < 1.29 is 14.3 Å². The Hall–Kier alpha value is -2.45. The average Bonchev–Trinajstić information content (AvgIpc) is 2.88. The molecule has 0 aliphatic rings. The van der Waals surface area contributed by atoms with Gasteiger partial charge in [0.1, 0.15) is 21.9 Å². The molecule has 0 spiro atoms. The second kappa shape index (κ2) is 6.21. The van der Waals surface area contributed by atoms with Gasteiger partial charge in [0.2, 0.25) is 0 Å². The molecule has 24 heavy (non-hydrogen) atoms. The smallest absolute Gasteiger partial charge is 0.346 e. The van der Waals surface area contributed by atoms with Gasteiger partial charge in [-0.3, -0.25) is 4.79 Å². The normalized spacial score (nSPS) is 11.0. The van der Waals surface area contributed by atoms with E-state index >= 15 is 0 Å². The summed E-state index contributed by atoms with van der Waals surface area (Å²) in [4.78, 5) is 28.3. The van der Waals surface area contributed by atoms with E-state index in [2.05, 4.69) is 10.4 Å². The molecule has 3 rings (SSSR count). The number of benzene rings is 1. The van der Waals surface area contributed by atoms with Gasteiger partial charge >= 0.3 is 5.97 Å². The van der Waals surface area contributed by atoms with Gasteiger partial charge in [-0.2, -0.15) is 0 Å². The molecule has 0 fully saturated rings. The molecule has 2 heterocycles. The highest BCUT2D eigenvalue weighted by Gasteiger charge is 2.18. The number of hydrogen-bond donors (Lipinski definition) is 2. The van der Waals surface area contributed by atoms with Crippen molar-refractivity contribution in [1.82, 2.24) is 9.66 Å². The van der Waals surface area contributed by atoms with Crippen LogP contribution in [0.4, 0.5) is 4.39 Å². The number of aryl methyl sites for hydroxylation is 1. The van der Waals surface area contributed by atoms with E-state index < -0.39 is 17.3 Å². The molecule has 0 aliphatic carbocycles. The van der Waals surface area contributed by atoms with Gasteiger partial charge < -0.3 is 10.5 Å². The van der Waals surface area contributed by atoms with Crippen LogP contribution in [0.3, 0.4) is 0 Å². The predicted molar refractivity (Wildman–Crippen MR) is 90.1 cm³/mol. The minimum Gasteiger partial charge on any atom is -0.477 e. The van der Waals surface area contributed by atoms with Crippen molar-refractivity contribution in [2.45, 2.75) is 13.5 Å². The van der Waals surface area contributed by atoms with Crippen molar-refractivity contribution in [1.29, 1.82) is 0 Å². The van der Waals surface area contributed by atoms with Crippen LogP contribution in [0.1, 0.15) is 20.8 Å². The third-order valence-corrected chi connectivity index (χ3v) is 4.96. The van der Waals surface area contributed by atoms with E-state index in [1.165, 1.54) is 23.1 Å². The Bertz CT molecular complexity index is 1020. The molecule has 6 nitrogen and oxygen atoms in total.